The zero-order chi connectivity index (χ0) is 21.0. The second-order valence-electron chi connectivity index (χ2n) is 6.89. The number of hydroxylamine groups is 1. The third-order valence-corrected chi connectivity index (χ3v) is 4.57. The topological polar surface area (TPSA) is 76.7 Å². The molecule has 0 saturated heterocycles. The van der Waals surface area contributed by atoms with Crippen molar-refractivity contribution in [2.45, 2.75) is 32.3 Å². The molecule has 0 fully saturated rings. The molecule has 0 aliphatic heterocycles. The van der Waals surface area contributed by atoms with Crippen molar-refractivity contribution in [2.24, 2.45) is 0 Å². The fraction of sp³-hybridized carbons (Fsp3) is 0.250. The lowest BCUT2D eigenvalue weighted by Crippen LogP contribution is -2.29. The summed E-state index contributed by atoms with van der Waals surface area (Å²) in [7, 11) is 0. The number of nitrogens with one attached hydrogen (secondary N) is 2. The number of carbonyl (C=O) groups excluding carboxylic acids is 2. The Hall–Kier alpha value is -3.38. The molecule has 0 bridgehead atoms. The second kappa shape index (κ2) is 11.6. The van der Waals surface area contributed by atoms with Crippen LogP contribution in [0.5, 0.6) is 0 Å². The minimum atomic E-state index is -0.421. The Morgan fingerprint density at radius 1 is 0.800 bits per heavy atom. The average Bonchev–Trinajstić information content (AvgIpc) is 2.78. The van der Waals surface area contributed by atoms with Gasteiger partial charge >= 0.3 is 12.0 Å². The highest BCUT2D eigenvalue weighted by Crippen LogP contribution is 2.22. The van der Waals surface area contributed by atoms with Gasteiger partial charge in [-0.2, -0.15) is 0 Å². The molecule has 30 heavy (non-hydrogen) atoms. The summed E-state index contributed by atoms with van der Waals surface area (Å²) in [5.41, 5.74) is 4.10. The molecule has 156 valence electrons. The molecule has 3 rings (SSSR count). The number of benzene rings is 3. The fourth-order valence-electron chi connectivity index (χ4n) is 3.03. The van der Waals surface area contributed by atoms with Crippen molar-refractivity contribution in [1.82, 2.24) is 5.48 Å². The monoisotopic (exact) mass is 406 g/mol. The highest BCUT2D eigenvalue weighted by molar-refractivity contribution is 6.01. The van der Waals surface area contributed by atoms with Crippen molar-refractivity contribution in [3.05, 3.63) is 78.4 Å². The number of unbranched alkanes of at least 4 members (excludes halogenated alkanes) is 2. The lowest BCUT2D eigenvalue weighted by atomic mass is 10.1. The number of hydrogen-bond donors (Lipinski definition) is 2. The fourth-order valence-corrected chi connectivity index (χ4v) is 3.03. The van der Waals surface area contributed by atoms with Crippen molar-refractivity contribution in [2.75, 3.05) is 11.9 Å². The van der Waals surface area contributed by atoms with Crippen molar-refractivity contribution in [3.63, 3.8) is 0 Å². The minimum Gasteiger partial charge on any atom is -0.461 e. The van der Waals surface area contributed by atoms with E-state index in [1.165, 1.54) is 0 Å². The van der Waals surface area contributed by atoms with E-state index in [0.29, 0.717) is 19.6 Å². The number of amides is 2. The molecule has 6 heteroatoms. The maximum absolute atomic E-state index is 12.0. The Labute approximate surface area is 176 Å². The molecule has 3 aromatic rings. The number of esters is 1. The summed E-state index contributed by atoms with van der Waals surface area (Å²) in [6.07, 6.45) is 2.65. The van der Waals surface area contributed by atoms with E-state index in [1.807, 2.05) is 72.8 Å². The first-order valence-corrected chi connectivity index (χ1v) is 10.1. The maximum atomic E-state index is 12.0. The first-order chi connectivity index (χ1) is 14.7. The van der Waals surface area contributed by atoms with Crippen LogP contribution in [0.2, 0.25) is 0 Å². The summed E-state index contributed by atoms with van der Waals surface area (Å²) >= 11 is 0. The summed E-state index contributed by atoms with van der Waals surface area (Å²) in [4.78, 5) is 29.0. The third kappa shape index (κ3) is 6.90. The molecule has 0 unspecified atom stereocenters. The van der Waals surface area contributed by atoms with Crippen molar-refractivity contribution in [1.29, 1.82) is 0 Å². The Bertz CT molecular complexity index is 954. The number of ether oxygens (including phenoxy) is 1. The predicted octanol–water partition coefficient (Wildman–Crippen LogP) is 5.20. The first-order valence-electron chi connectivity index (χ1n) is 10.1. The SMILES string of the molecule is O=C(NOCCCCCC(=O)OCc1ccccc1)Nc1cccc2ccccc12. The highest BCUT2D eigenvalue weighted by atomic mass is 16.7. The number of fused-ring (bicyclic) bond motifs is 1. The molecule has 0 radical (unpaired) electrons. The van der Waals surface area contributed by atoms with Gasteiger partial charge in [-0.1, -0.05) is 73.2 Å². The van der Waals surface area contributed by atoms with Crippen molar-refractivity contribution in [3.8, 4) is 0 Å². The van der Waals surface area contributed by atoms with Crippen LogP contribution in [-0.2, 0) is 21.0 Å². The highest BCUT2D eigenvalue weighted by Gasteiger charge is 2.06. The lowest BCUT2D eigenvalue weighted by molar-refractivity contribution is -0.145. The van der Waals surface area contributed by atoms with Gasteiger partial charge in [-0.05, 0) is 29.9 Å². The molecule has 0 aliphatic rings. The van der Waals surface area contributed by atoms with Crippen LogP contribution in [0.25, 0.3) is 10.8 Å². The quantitative estimate of drug-likeness (QED) is 0.276. The molecule has 2 N–H and O–H groups in total. The van der Waals surface area contributed by atoms with Gasteiger partial charge in [0.05, 0.1) is 12.3 Å². The molecule has 2 amide bonds. The van der Waals surface area contributed by atoms with Crippen molar-refractivity contribution >= 4 is 28.5 Å². The Morgan fingerprint density at radius 2 is 1.57 bits per heavy atom. The summed E-state index contributed by atoms with van der Waals surface area (Å²) in [6.45, 7) is 0.681. The van der Waals surface area contributed by atoms with Crippen LogP contribution >= 0.6 is 0 Å². The number of urea groups is 1. The van der Waals surface area contributed by atoms with E-state index in [4.69, 9.17) is 9.57 Å². The number of carbonyl (C=O) groups is 2. The van der Waals surface area contributed by atoms with Gasteiger partial charge in [0, 0.05) is 11.8 Å². The van der Waals surface area contributed by atoms with E-state index in [2.05, 4.69) is 10.8 Å². The molecular formula is C24H26N2O4. The molecule has 0 aliphatic carbocycles. The normalized spacial score (nSPS) is 10.5. The third-order valence-electron chi connectivity index (χ3n) is 4.57. The van der Waals surface area contributed by atoms with Gasteiger partial charge in [-0.15, -0.1) is 0 Å². The van der Waals surface area contributed by atoms with Gasteiger partial charge in [0.2, 0.25) is 0 Å². The predicted molar refractivity (Wildman–Crippen MR) is 117 cm³/mol. The number of anilines is 1. The van der Waals surface area contributed by atoms with Gasteiger partial charge in [0.25, 0.3) is 0 Å². The molecular weight excluding hydrogens is 380 g/mol. The Balaban J connectivity index is 1.25. The number of hydrogen-bond acceptors (Lipinski definition) is 4. The van der Waals surface area contributed by atoms with E-state index in [9.17, 15) is 9.59 Å². The van der Waals surface area contributed by atoms with Crippen LogP contribution in [0.15, 0.2) is 72.8 Å². The van der Waals surface area contributed by atoms with E-state index < -0.39 is 6.03 Å². The maximum Gasteiger partial charge on any atom is 0.343 e. The number of rotatable bonds is 10. The van der Waals surface area contributed by atoms with Crippen LogP contribution in [0, 0.1) is 0 Å². The van der Waals surface area contributed by atoms with E-state index in [-0.39, 0.29) is 5.97 Å². The lowest BCUT2D eigenvalue weighted by Gasteiger charge is -2.10. The Morgan fingerprint density at radius 3 is 2.43 bits per heavy atom. The van der Waals surface area contributed by atoms with Crippen LogP contribution in [-0.4, -0.2) is 18.6 Å². The van der Waals surface area contributed by atoms with E-state index in [1.54, 1.807) is 0 Å². The largest absolute Gasteiger partial charge is 0.461 e. The van der Waals surface area contributed by atoms with Gasteiger partial charge < -0.3 is 10.1 Å². The van der Waals surface area contributed by atoms with Gasteiger partial charge in [0.1, 0.15) is 6.61 Å². The first kappa shape index (κ1) is 21.3. The molecule has 0 aromatic heterocycles. The average molecular weight is 406 g/mol. The van der Waals surface area contributed by atoms with Crippen LogP contribution in [0.1, 0.15) is 31.2 Å². The van der Waals surface area contributed by atoms with Gasteiger partial charge in [-0.3, -0.25) is 9.63 Å². The molecule has 0 saturated carbocycles. The zero-order valence-electron chi connectivity index (χ0n) is 16.8. The standard InChI is InChI=1S/C24H26N2O4/c27-23(29-18-19-10-3-1-4-11-19)16-5-2-8-17-30-26-24(28)25-22-15-9-13-20-12-6-7-14-21(20)22/h1,3-4,6-7,9-15H,2,5,8,16-18H2,(H2,25,26,28). The van der Waals surface area contributed by atoms with E-state index in [0.717, 1.165) is 41.3 Å². The zero-order valence-corrected chi connectivity index (χ0v) is 16.8. The summed E-state index contributed by atoms with van der Waals surface area (Å²) in [5, 5.41) is 4.81. The minimum absolute atomic E-state index is 0.202. The summed E-state index contributed by atoms with van der Waals surface area (Å²) < 4.78 is 5.24. The summed E-state index contributed by atoms with van der Waals surface area (Å²) in [5.74, 6) is -0.202. The van der Waals surface area contributed by atoms with Gasteiger partial charge in [-0.25, -0.2) is 10.3 Å². The van der Waals surface area contributed by atoms with Crippen LogP contribution in [0.4, 0.5) is 10.5 Å². The molecule has 3 aromatic carbocycles. The van der Waals surface area contributed by atoms with Gasteiger partial charge in [0.15, 0.2) is 0 Å². The molecule has 0 atom stereocenters. The van der Waals surface area contributed by atoms with Crippen molar-refractivity contribution < 1.29 is 19.2 Å². The van der Waals surface area contributed by atoms with Crippen LogP contribution in [0.3, 0.4) is 0 Å². The summed E-state index contributed by atoms with van der Waals surface area (Å²) in [6, 6.07) is 22.8. The van der Waals surface area contributed by atoms with E-state index >= 15 is 0 Å². The molecule has 0 spiro atoms. The smallest absolute Gasteiger partial charge is 0.343 e. The second-order valence-corrected chi connectivity index (χ2v) is 6.89. The Kier molecular flexibility index (Phi) is 8.23. The molecule has 0 heterocycles. The van der Waals surface area contributed by atoms with Crippen LogP contribution < -0.4 is 10.8 Å². The molecule has 6 nitrogen and oxygen atoms in total.